The van der Waals surface area contributed by atoms with Crippen LogP contribution in [0.25, 0.3) is 23.5 Å². The number of H-pyrrole nitrogens is 1. The largest absolute Gasteiger partial charge is 0.457 e. The molecule has 4 nitrogen and oxygen atoms in total. The fourth-order valence-electron chi connectivity index (χ4n) is 2.34. The van der Waals surface area contributed by atoms with Crippen molar-refractivity contribution in [3.63, 3.8) is 0 Å². The van der Waals surface area contributed by atoms with Crippen molar-refractivity contribution in [2.75, 3.05) is 0 Å². The van der Waals surface area contributed by atoms with Crippen molar-refractivity contribution < 1.29 is 17.6 Å². The summed E-state index contributed by atoms with van der Waals surface area (Å²) >= 11 is 6.09. The van der Waals surface area contributed by atoms with Crippen molar-refractivity contribution in [2.24, 2.45) is 0 Å². The number of halogens is 4. The number of hydrogen-bond donors (Lipinski definition) is 1. The standard InChI is InChI=1S/C18H12ClF3N2O2/c1-10-13(3-2-4-14(10)19)15-8-7-12(26-15)6-5-11-9-16(18(20,21)22)24-17(25)23-11/h2-9H,1H3,(H,23,24,25)/b6-5+. The second-order valence-corrected chi connectivity index (χ2v) is 5.88. The molecule has 0 aliphatic carbocycles. The van der Waals surface area contributed by atoms with Gasteiger partial charge in [-0.25, -0.2) is 4.79 Å². The van der Waals surface area contributed by atoms with Crippen molar-refractivity contribution >= 4 is 23.8 Å². The van der Waals surface area contributed by atoms with E-state index in [0.717, 1.165) is 17.2 Å². The van der Waals surface area contributed by atoms with Gasteiger partial charge in [-0.1, -0.05) is 23.7 Å². The number of aromatic amines is 1. The number of benzene rings is 1. The van der Waals surface area contributed by atoms with E-state index in [-0.39, 0.29) is 5.69 Å². The summed E-state index contributed by atoms with van der Waals surface area (Å²) in [5, 5.41) is 0.600. The highest BCUT2D eigenvalue weighted by Gasteiger charge is 2.32. The Labute approximate surface area is 151 Å². The molecule has 0 amide bonds. The van der Waals surface area contributed by atoms with Crippen molar-refractivity contribution in [3.8, 4) is 11.3 Å². The Morgan fingerprint density at radius 1 is 1.19 bits per heavy atom. The van der Waals surface area contributed by atoms with Crippen molar-refractivity contribution in [1.29, 1.82) is 0 Å². The molecule has 1 N–H and O–H groups in total. The van der Waals surface area contributed by atoms with Crippen LogP contribution in [0.1, 0.15) is 22.7 Å². The zero-order chi connectivity index (χ0) is 18.9. The maximum absolute atomic E-state index is 12.7. The Kier molecular flexibility index (Phi) is 4.73. The SMILES string of the molecule is Cc1c(Cl)cccc1-c1ccc(/C=C/c2cc(C(F)(F)F)[nH]c(=O)n2)o1. The van der Waals surface area contributed by atoms with Gasteiger partial charge in [0.15, 0.2) is 0 Å². The van der Waals surface area contributed by atoms with Gasteiger partial charge in [-0.3, -0.25) is 0 Å². The minimum atomic E-state index is -4.66. The minimum absolute atomic E-state index is 0.127. The highest BCUT2D eigenvalue weighted by atomic mass is 35.5. The second kappa shape index (κ2) is 6.84. The molecule has 0 unspecified atom stereocenters. The number of nitrogens with one attached hydrogen (secondary N) is 1. The molecule has 0 aliphatic heterocycles. The van der Waals surface area contributed by atoms with E-state index in [9.17, 15) is 18.0 Å². The van der Waals surface area contributed by atoms with Crippen LogP contribution in [-0.2, 0) is 6.18 Å². The molecule has 1 aromatic carbocycles. The normalized spacial score (nSPS) is 12.0. The van der Waals surface area contributed by atoms with Crippen LogP contribution < -0.4 is 5.69 Å². The summed E-state index contributed by atoms with van der Waals surface area (Å²) in [4.78, 5) is 16.4. The molecular formula is C18H12ClF3N2O2. The lowest BCUT2D eigenvalue weighted by Crippen LogP contribution is -2.19. The van der Waals surface area contributed by atoms with Crippen molar-refractivity contribution in [1.82, 2.24) is 9.97 Å². The van der Waals surface area contributed by atoms with E-state index >= 15 is 0 Å². The van der Waals surface area contributed by atoms with Crippen LogP contribution in [0.15, 0.2) is 45.6 Å². The van der Waals surface area contributed by atoms with Crippen LogP contribution in [0, 0.1) is 6.92 Å². The summed E-state index contributed by atoms with van der Waals surface area (Å²) in [5.74, 6) is 0.967. The molecule has 0 aliphatic rings. The first-order valence-corrected chi connectivity index (χ1v) is 7.84. The third-order valence-corrected chi connectivity index (χ3v) is 4.06. The summed E-state index contributed by atoms with van der Waals surface area (Å²) in [7, 11) is 0. The van der Waals surface area contributed by atoms with Crippen molar-refractivity contribution in [2.45, 2.75) is 13.1 Å². The molecule has 0 fully saturated rings. The fourth-order valence-corrected chi connectivity index (χ4v) is 2.52. The molecule has 0 atom stereocenters. The molecule has 0 bridgehead atoms. The van der Waals surface area contributed by atoms with Gasteiger partial charge in [-0.05, 0) is 48.9 Å². The lowest BCUT2D eigenvalue weighted by atomic mass is 10.1. The van der Waals surface area contributed by atoms with E-state index in [1.165, 1.54) is 12.2 Å². The predicted octanol–water partition coefficient (Wildman–Crippen LogP) is 5.18. The average molecular weight is 381 g/mol. The van der Waals surface area contributed by atoms with Crippen LogP contribution in [-0.4, -0.2) is 9.97 Å². The number of alkyl halides is 3. The monoisotopic (exact) mass is 380 g/mol. The number of furan rings is 1. The summed E-state index contributed by atoms with van der Waals surface area (Å²) in [5.41, 5.74) is -0.699. The Bertz CT molecular complexity index is 1040. The van der Waals surface area contributed by atoms with Crippen LogP contribution in [0.4, 0.5) is 13.2 Å². The van der Waals surface area contributed by atoms with Gasteiger partial charge >= 0.3 is 11.9 Å². The molecule has 0 saturated heterocycles. The third kappa shape index (κ3) is 3.88. The molecular weight excluding hydrogens is 369 g/mol. The minimum Gasteiger partial charge on any atom is -0.457 e. The van der Waals surface area contributed by atoms with E-state index in [0.29, 0.717) is 16.5 Å². The van der Waals surface area contributed by atoms with E-state index in [1.807, 2.05) is 13.0 Å². The summed E-state index contributed by atoms with van der Waals surface area (Å²) in [6.07, 6.45) is -1.95. The number of rotatable bonds is 3. The topological polar surface area (TPSA) is 58.9 Å². The van der Waals surface area contributed by atoms with Gasteiger partial charge in [0.25, 0.3) is 0 Å². The van der Waals surface area contributed by atoms with Crippen LogP contribution in [0.3, 0.4) is 0 Å². The smallest absolute Gasteiger partial charge is 0.431 e. The highest BCUT2D eigenvalue weighted by molar-refractivity contribution is 6.31. The maximum Gasteiger partial charge on any atom is 0.431 e. The van der Waals surface area contributed by atoms with Crippen LogP contribution >= 0.6 is 11.6 Å². The molecule has 2 aromatic heterocycles. The zero-order valence-corrected chi connectivity index (χ0v) is 14.2. The Morgan fingerprint density at radius 3 is 2.69 bits per heavy atom. The Hall–Kier alpha value is -2.80. The summed E-state index contributed by atoms with van der Waals surface area (Å²) in [6, 6.07) is 9.54. The lowest BCUT2D eigenvalue weighted by molar-refractivity contribution is -0.141. The number of nitrogens with zero attached hydrogens (tertiary/aromatic N) is 1. The van der Waals surface area contributed by atoms with Gasteiger partial charge in [0.2, 0.25) is 0 Å². The van der Waals surface area contributed by atoms with Crippen LogP contribution in [0.5, 0.6) is 0 Å². The Morgan fingerprint density at radius 2 is 1.96 bits per heavy atom. The van der Waals surface area contributed by atoms with E-state index in [2.05, 4.69) is 4.98 Å². The first-order valence-electron chi connectivity index (χ1n) is 7.46. The van der Waals surface area contributed by atoms with E-state index in [4.69, 9.17) is 16.0 Å². The number of hydrogen-bond acceptors (Lipinski definition) is 3. The quantitative estimate of drug-likeness (QED) is 0.681. The lowest BCUT2D eigenvalue weighted by Gasteiger charge is -2.05. The summed E-state index contributed by atoms with van der Waals surface area (Å²) < 4.78 is 43.8. The van der Waals surface area contributed by atoms with Gasteiger partial charge in [-0.15, -0.1) is 0 Å². The first-order chi connectivity index (χ1) is 12.2. The average Bonchev–Trinajstić information content (AvgIpc) is 3.03. The predicted molar refractivity (Wildman–Crippen MR) is 92.7 cm³/mol. The van der Waals surface area contributed by atoms with Gasteiger partial charge in [0.05, 0.1) is 5.69 Å². The molecule has 2 heterocycles. The second-order valence-electron chi connectivity index (χ2n) is 5.47. The van der Waals surface area contributed by atoms with Gasteiger partial charge in [0.1, 0.15) is 17.2 Å². The maximum atomic E-state index is 12.7. The van der Waals surface area contributed by atoms with Gasteiger partial charge in [0, 0.05) is 10.6 Å². The van der Waals surface area contributed by atoms with E-state index in [1.54, 1.807) is 29.2 Å². The fraction of sp³-hybridized carbons (Fsp3) is 0.111. The number of aromatic nitrogens is 2. The third-order valence-electron chi connectivity index (χ3n) is 3.65. The highest BCUT2D eigenvalue weighted by Crippen LogP contribution is 2.30. The van der Waals surface area contributed by atoms with Crippen molar-refractivity contribution in [3.05, 3.63) is 74.6 Å². The summed E-state index contributed by atoms with van der Waals surface area (Å²) in [6.45, 7) is 1.86. The molecule has 3 rings (SSSR count). The van der Waals surface area contributed by atoms with E-state index < -0.39 is 17.6 Å². The molecule has 8 heteroatoms. The molecule has 0 saturated carbocycles. The van der Waals surface area contributed by atoms with Gasteiger partial charge in [-0.2, -0.15) is 18.2 Å². The first kappa shape index (κ1) is 18.0. The zero-order valence-electron chi connectivity index (χ0n) is 13.4. The molecule has 0 spiro atoms. The molecule has 26 heavy (non-hydrogen) atoms. The molecule has 0 radical (unpaired) electrons. The van der Waals surface area contributed by atoms with Gasteiger partial charge < -0.3 is 9.40 Å². The molecule has 3 aromatic rings. The Balaban J connectivity index is 1.89. The van der Waals surface area contributed by atoms with Crippen LogP contribution in [0.2, 0.25) is 5.02 Å². The molecule has 134 valence electrons.